The number of piperidine rings is 1. The molecule has 0 saturated carbocycles. The van der Waals surface area contributed by atoms with Gasteiger partial charge in [0.25, 0.3) is 0 Å². The molecule has 1 heterocycles. The first-order valence-corrected chi connectivity index (χ1v) is 10.7. The number of hydrogen-bond acceptors (Lipinski definition) is 5. The van der Waals surface area contributed by atoms with E-state index in [9.17, 15) is 23.1 Å². The number of alkyl halides is 3. The second-order valence-corrected chi connectivity index (χ2v) is 8.80. The van der Waals surface area contributed by atoms with Crippen LogP contribution in [0, 0.1) is 11.8 Å². The van der Waals surface area contributed by atoms with Gasteiger partial charge in [-0.2, -0.15) is 13.2 Å². The van der Waals surface area contributed by atoms with Crippen molar-refractivity contribution in [1.29, 1.82) is 0 Å². The van der Waals surface area contributed by atoms with E-state index in [0.29, 0.717) is 33.9 Å². The molecular weight excluding hydrogens is 429 g/mol. The van der Waals surface area contributed by atoms with Gasteiger partial charge in [0.1, 0.15) is 5.75 Å². The van der Waals surface area contributed by atoms with Crippen LogP contribution in [0.4, 0.5) is 24.5 Å². The third-order valence-corrected chi connectivity index (χ3v) is 6.08. The molecule has 0 spiro atoms. The molecule has 0 amide bonds. The van der Waals surface area contributed by atoms with Gasteiger partial charge in [0.2, 0.25) is 0 Å². The Balaban J connectivity index is 1.95. The lowest BCUT2D eigenvalue weighted by molar-refractivity contribution is -0.137. The average molecular weight is 455 g/mol. The fraction of sp³-hybridized carbons (Fsp3) is 0.409. The van der Waals surface area contributed by atoms with E-state index >= 15 is 0 Å². The lowest BCUT2D eigenvalue weighted by Gasteiger charge is -2.37. The Morgan fingerprint density at radius 3 is 2.42 bits per heavy atom. The summed E-state index contributed by atoms with van der Waals surface area (Å²) in [7, 11) is 1.45. The van der Waals surface area contributed by atoms with E-state index < -0.39 is 17.7 Å². The summed E-state index contributed by atoms with van der Waals surface area (Å²) in [4.78, 5) is 13.9. The van der Waals surface area contributed by atoms with Gasteiger partial charge in [-0.25, -0.2) is 4.79 Å². The van der Waals surface area contributed by atoms with Crippen LogP contribution in [-0.2, 0) is 6.18 Å². The molecule has 0 bridgehead atoms. The molecular formula is C22H25F3N2O3S. The van der Waals surface area contributed by atoms with E-state index in [1.54, 1.807) is 0 Å². The first-order chi connectivity index (χ1) is 14.6. The van der Waals surface area contributed by atoms with Crippen molar-refractivity contribution in [2.45, 2.75) is 31.3 Å². The Labute approximate surface area is 183 Å². The van der Waals surface area contributed by atoms with Crippen molar-refractivity contribution in [3.63, 3.8) is 0 Å². The number of anilines is 2. The molecule has 1 saturated heterocycles. The molecule has 3 rings (SSSR count). The van der Waals surface area contributed by atoms with E-state index in [1.807, 2.05) is 0 Å². The summed E-state index contributed by atoms with van der Waals surface area (Å²) in [5.41, 5.74) is 0.327. The fourth-order valence-corrected chi connectivity index (χ4v) is 4.75. The Morgan fingerprint density at radius 2 is 1.84 bits per heavy atom. The van der Waals surface area contributed by atoms with Gasteiger partial charge < -0.3 is 19.5 Å². The lowest BCUT2D eigenvalue weighted by Crippen LogP contribution is -2.39. The van der Waals surface area contributed by atoms with Crippen LogP contribution in [0.5, 0.6) is 5.75 Å². The van der Waals surface area contributed by atoms with Crippen LogP contribution in [0.1, 0.15) is 36.2 Å². The Bertz CT molecular complexity index is 942. The van der Waals surface area contributed by atoms with Crippen LogP contribution in [0.15, 0.2) is 41.3 Å². The molecule has 1 aliphatic heterocycles. The average Bonchev–Trinajstić information content (AvgIpc) is 2.70. The molecule has 0 aliphatic carbocycles. The van der Waals surface area contributed by atoms with Crippen molar-refractivity contribution >= 4 is 29.3 Å². The first-order valence-electron chi connectivity index (χ1n) is 9.89. The Morgan fingerprint density at radius 1 is 1.16 bits per heavy atom. The molecule has 0 aromatic heterocycles. The molecule has 2 unspecified atom stereocenters. The molecule has 1 fully saturated rings. The quantitative estimate of drug-likeness (QED) is 0.521. The Kier molecular flexibility index (Phi) is 6.93. The van der Waals surface area contributed by atoms with Crippen molar-refractivity contribution in [2.75, 3.05) is 29.8 Å². The number of aromatic carboxylic acids is 1. The van der Waals surface area contributed by atoms with Gasteiger partial charge >= 0.3 is 12.1 Å². The predicted octanol–water partition coefficient (Wildman–Crippen LogP) is 6.01. The van der Waals surface area contributed by atoms with E-state index in [1.165, 1.54) is 31.4 Å². The summed E-state index contributed by atoms with van der Waals surface area (Å²) in [5, 5.41) is 9.25. The smallest absolute Gasteiger partial charge is 0.416 e. The first kappa shape index (κ1) is 23.1. The van der Waals surface area contributed by atoms with Gasteiger partial charge in [0.05, 0.1) is 34.5 Å². The predicted molar refractivity (Wildman–Crippen MR) is 116 cm³/mol. The van der Waals surface area contributed by atoms with Crippen LogP contribution in [0.3, 0.4) is 0 Å². The largest absolute Gasteiger partial charge is 0.496 e. The molecule has 2 atom stereocenters. The van der Waals surface area contributed by atoms with Crippen molar-refractivity contribution in [1.82, 2.24) is 0 Å². The van der Waals surface area contributed by atoms with Crippen LogP contribution < -0.4 is 14.4 Å². The second-order valence-electron chi connectivity index (χ2n) is 7.96. The number of hydrogen-bond donors (Lipinski definition) is 2. The monoisotopic (exact) mass is 454 g/mol. The highest BCUT2D eigenvalue weighted by molar-refractivity contribution is 8.00. The third kappa shape index (κ3) is 5.58. The number of carbonyl (C=O) groups is 1. The summed E-state index contributed by atoms with van der Waals surface area (Å²) < 4.78 is 48.4. The maximum Gasteiger partial charge on any atom is 0.416 e. The summed E-state index contributed by atoms with van der Waals surface area (Å²) >= 11 is 1.02. The maximum atomic E-state index is 13.4. The number of carboxylic acid groups (broad SMARTS) is 1. The SMILES string of the molecule is COc1ccc(C(=O)O)cc1SNc1cc(C(F)(F)F)ccc1N1CC(C)CC(C)C1. The topological polar surface area (TPSA) is 61.8 Å². The highest BCUT2D eigenvalue weighted by atomic mass is 32.2. The summed E-state index contributed by atoms with van der Waals surface area (Å²) in [6, 6.07) is 8.06. The molecule has 1 aliphatic rings. The summed E-state index contributed by atoms with van der Waals surface area (Å²) in [5.74, 6) is 0.189. The molecule has 2 aromatic carbocycles. The van der Waals surface area contributed by atoms with Gasteiger partial charge in [0.15, 0.2) is 0 Å². The number of benzene rings is 2. The molecule has 5 nitrogen and oxygen atoms in total. The van der Waals surface area contributed by atoms with E-state index in [0.717, 1.165) is 43.6 Å². The van der Waals surface area contributed by atoms with Crippen LogP contribution in [-0.4, -0.2) is 31.3 Å². The molecule has 9 heteroatoms. The zero-order chi connectivity index (χ0) is 22.8. The third-order valence-electron chi connectivity index (χ3n) is 5.21. The van der Waals surface area contributed by atoms with Crippen LogP contribution in [0.25, 0.3) is 0 Å². The normalized spacial score (nSPS) is 19.2. The number of carboxylic acids is 1. The highest BCUT2D eigenvalue weighted by Crippen LogP contribution is 2.40. The number of nitrogens with zero attached hydrogens (tertiary/aromatic N) is 1. The minimum Gasteiger partial charge on any atom is -0.496 e. The van der Waals surface area contributed by atoms with Gasteiger partial charge in [-0.05, 0) is 66.6 Å². The number of nitrogens with one attached hydrogen (secondary N) is 1. The van der Waals surface area contributed by atoms with E-state index in [2.05, 4.69) is 23.5 Å². The standard InChI is InChI=1S/C22H25F3N2O3S/c1-13-8-14(2)12-27(11-13)18-6-5-16(22(23,24)25)10-17(18)26-31-20-9-15(21(28)29)4-7-19(20)30-3/h4-7,9-10,13-14,26H,8,11-12H2,1-3H3,(H,28,29). The van der Waals surface area contributed by atoms with Crippen molar-refractivity contribution in [2.24, 2.45) is 11.8 Å². The van der Waals surface area contributed by atoms with Gasteiger partial charge in [-0.3, -0.25) is 0 Å². The van der Waals surface area contributed by atoms with Crippen molar-refractivity contribution in [3.8, 4) is 5.75 Å². The van der Waals surface area contributed by atoms with E-state index in [4.69, 9.17) is 4.74 Å². The molecule has 2 aromatic rings. The minimum atomic E-state index is -4.47. The number of halogens is 3. The van der Waals surface area contributed by atoms with Crippen molar-refractivity contribution < 1.29 is 27.8 Å². The number of rotatable bonds is 6. The summed E-state index contributed by atoms with van der Waals surface area (Å²) in [6.45, 7) is 5.79. The fourth-order valence-electron chi connectivity index (χ4n) is 3.93. The molecule has 168 valence electrons. The zero-order valence-corrected chi connectivity index (χ0v) is 18.3. The zero-order valence-electron chi connectivity index (χ0n) is 17.5. The molecule has 2 N–H and O–H groups in total. The second kappa shape index (κ2) is 9.30. The van der Waals surface area contributed by atoms with Gasteiger partial charge in [-0.1, -0.05) is 13.8 Å². The molecule has 0 radical (unpaired) electrons. The molecule has 31 heavy (non-hydrogen) atoms. The minimum absolute atomic E-state index is 0.0630. The van der Waals surface area contributed by atoms with Crippen LogP contribution in [0.2, 0.25) is 0 Å². The number of methoxy groups -OCH3 is 1. The Hall–Kier alpha value is -2.55. The maximum absolute atomic E-state index is 13.4. The number of ether oxygens (including phenoxy) is 1. The van der Waals surface area contributed by atoms with Crippen molar-refractivity contribution in [3.05, 3.63) is 47.5 Å². The summed E-state index contributed by atoms with van der Waals surface area (Å²) in [6.07, 6.45) is -3.39. The lowest BCUT2D eigenvalue weighted by atomic mass is 9.91. The highest BCUT2D eigenvalue weighted by Gasteiger charge is 2.32. The van der Waals surface area contributed by atoms with E-state index in [-0.39, 0.29) is 5.56 Å². The van der Waals surface area contributed by atoms with Gasteiger partial charge in [-0.15, -0.1) is 0 Å². The van der Waals surface area contributed by atoms with Crippen LogP contribution >= 0.6 is 11.9 Å². The van der Waals surface area contributed by atoms with Gasteiger partial charge in [0, 0.05) is 13.1 Å².